The molecule has 0 spiro atoms. The Bertz CT molecular complexity index is 424. The van der Waals surface area contributed by atoms with Gasteiger partial charge in [-0.3, -0.25) is 4.98 Å². The highest BCUT2D eigenvalue weighted by molar-refractivity contribution is 7.13. The predicted molar refractivity (Wildman–Crippen MR) is 63.1 cm³/mol. The molecule has 3 nitrogen and oxygen atoms in total. The molecule has 0 saturated carbocycles. The first-order valence-corrected chi connectivity index (χ1v) is 5.73. The van der Waals surface area contributed by atoms with Gasteiger partial charge < -0.3 is 5.32 Å². The zero-order chi connectivity index (χ0) is 10.7. The number of anilines is 1. The Morgan fingerprint density at radius 3 is 2.87 bits per heavy atom. The Labute approximate surface area is 93.2 Å². The van der Waals surface area contributed by atoms with Crippen LogP contribution in [0.4, 0.5) is 5.13 Å². The maximum atomic E-state index is 4.36. The highest BCUT2D eigenvalue weighted by Gasteiger charge is 2.07. The Hall–Kier alpha value is -1.42. The lowest BCUT2D eigenvalue weighted by Crippen LogP contribution is -2.07. The van der Waals surface area contributed by atoms with E-state index in [0.717, 1.165) is 16.5 Å². The zero-order valence-corrected chi connectivity index (χ0v) is 9.58. The van der Waals surface area contributed by atoms with Crippen LogP contribution in [0.2, 0.25) is 0 Å². The number of hydrogen-bond acceptors (Lipinski definition) is 4. The fourth-order valence-corrected chi connectivity index (χ4v) is 2.09. The normalized spacial score (nSPS) is 12.4. The number of aromatic nitrogens is 2. The highest BCUT2D eigenvalue weighted by atomic mass is 32.1. The van der Waals surface area contributed by atoms with Crippen LogP contribution in [0.15, 0.2) is 29.8 Å². The van der Waals surface area contributed by atoms with Crippen LogP contribution in [0, 0.1) is 6.92 Å². The number of thiazole rings is 1. The van der Waals surface area contributed by atoms with Crippen LogP contribution in [-0.4, -0.2) is 9.97 Å². The second-order valence-electron chi connectivity index (χ2n) is 3.41. The average molecular weight is 219 g/mol. The molecule has 2 aromatic rings. The van der Waals surface area contributed by atoms with Crippen LogP contribution >= 0.6 is 11.3 Å². The lowest BCUT2D eigenvalue weighted by Gasteiger charge is -2.11. The van der Waals surface area contributed by atoms with Gasteiger partial charge in [0.15, 0.2) is 5.13 Å². The van der Waals surface area contributed by atoms with E-state index >= 15 is 0 Å². The SMILES string of the molecule is Cc1csc(NC(C)c2ccccn2)n1. The van der Waals surface area contributed by atoms with Crippen molar-refractivity contribution in [3.05, 3.63) is 41.2 Å². The average Bonchev–Trinajstić information content (AvgIpc) is 2.65. The van der Waals surface area contributed by atoms with Gasteiger partial charge in [0.2, 0.25) is 0 Å². The van der Waals surface area contributed by atoms with Gasteiger partial charge in [0.05, 0.1) is 17.4 Å². The number of hydrogen-bond donors (Lipinski definition) is 1. The van der Waals surface area contributed by atoms with Crippen LogP contribution in [0.25, 0.3) is 0 Å². The molecular formula is C11H13N3S. The Morgan fingerprint density at radius 1 is 1.40 bits per heavy atom. The van der Waals surface area contributed by atoms with Gasteiger partial charge in [-0.2, -0.15) is 0 Å². The van der Waals surface area contributed by atoms with E-state index < -0.39 is 0 Å². The molecule has 2 heterocycles. The molecule has 1 N–H and O–H groups in total. The van der Waals surface area contributed by atoms with Crippen LogP contribution in [0.3, 0.4) is 0 Å². The van der Waals surface area contributed by atoms with E-state index in [1.807, 2.05) is 30.5 Å². The van der Waals surface area contributed by atoms with Gasteiger partial charge in [0, 0.05) is 11.6 Å². The third-order valence-electron chi connectivity index (χ3n) is 2.09. The quantitative estimate of drug-likeness (QED) is 0.862. The molecule has 2 aromatic heterocycles. The first-order valence-electron chi connectivity index (χ1n) is 4.85. The van der Waals surface area contributed by atoms with Crippen molar-refractivity contribution in [3.63, 3.8) is 0 Å². The zero-order valence-electron chi connectivity index (χ0n) is 8.77. The first-order chi connectivity index (χ1) is 7.25. The van der Waals surface area contributed by atoms with Crippen molar-refractivity contribution >= 4 is 16.5 Å². The first kappa shape index (κ1) is 10.1. The Morgan fingerprint density at radius 2 is 2.27 bits per heavy atom. The lowest BCUT2D eigenvalue weighted by molar-refractivity contribution is 0.836. The fraction of sp³-hybridized carbons (Fsp3) is 0.273. The van der Waals surface area contributed by atoms with E-state index in [-0.39, 0.29) is 6.04 Å². The van der Waals surface area contributed by atoms with Crippen molar-refractivity contribution in [1.29, 1.82) is 0 Å². The number of nitrogens with one attached hydrogen (secondary N) is 1. The van der Waals surface area contributed by atoms with Crippen molar-refractivity contribution in [2.24, 2.45) is 0 Å². The van der Waals surface area contributed by atoms with E-state index in [9.17, 15) is 0 Å². The maximum Gasteiger partial charge on any atom is 0.183 e. The highest BCUT2D eigenvalue weighted by Crippen LogP contribution is 2.20. The molecule has 0 bridgehead atoms. The van der Waals surface area contributed by atoms with Crippen LogP contribution in [0.5, 0.6) is 0 Å². The lowest BCUT2D eigenvalue weighted by atomic mass is 10.2. The molecule has 15 heavy (non-hydrogen) atoms. The standard InChI is InChI=1S/C11H13N3S/c1-8-7-15-11(13-8)14-9(2)10-5-3-4-6-12-10/h3-7,9H,1-2H3,(H,13,14). The number of nitrogens with zero attached hydrogens (tertiary/aromatic N) is 2. The summed E-state index contributed by atoms with van der Waals surface area (Å²) in [5.74, 6) is 0. The summed E-state index contributed by atoms with van der Waals surface area (Å²) in [5.41, 5.74) is 2.08. The molecule has 0 fully saturated rings. The smallest absolute Gasteiger partial charge is 0.183 e. The Kier molecular flexibility index (Phi) is 2.97. The van der Waals surface area contributed by atoms with Crippen molar-refractivity contribution in [2.75, 3.05) is 5.32 Å². The molecular weight excluding hydrogens is 206 g/mol. The number of rotatable bonds is 3. The minimum Gasteiger partial charge on any atom is -0.353 e. The van der Waals surface area contributed by atoms with Gasteiger partial charge in [-0.1, -0.05) is 6.07 Å². The molecule has 78 valence electrons. The van der Waals surface area contributed by atoms with Crippen molar-refractivity contribution < 1.29 is 0 Å². The van der Waals surface area contributed by atoms with Gasteiger partial charge in [-0.15, -0.1) is 11.3 Å². The molecule has 1 unspecified atom stereocenters. The summed E-state index contributed by atoms with van der Waals surface area (Å²) in [6.45, 7) is 4.08. The molecule has 0 saturated heterocycles. The van der Waals surface area contributed by atoms with Crippen LogP contribution in [0.1, 0.15) is 24.4 Å². The number of pyridine rings is 1. The van der Waals surface area contributed by atoms with E-state index in [4.69, 9.17) is 0 Å². The summed E-state index contributed by atoms with van der Waals surface area (Å²) in [6, 6.07) is 6.12. The molecule has 0 amide bonds. The predicted octanol–water partition coefficient (Wildman–Crippen LogP) is 3.02. The minimum atomic E-state index is 0.191. The third kappa shape index (κ3) is 2.53. The number of aryl methyl sites for hydroxylation is 1. The minimum absolute atomic E-state index is 0.191. The Balaban J connectivity index is 2.07. The molecule has 1 atom stereocenters. The summed E-state index contributed by atoms with van der Waals surface area (Å²) < 4.78 is 0. The molecule has 0 aliphatic rings. The van der Waals surface area contributed by atoms with E-state index in [2.05, 4.69) is 22.2 Å². The monoisotopic (exact) mass is 219 g/mol. The van der Waals surface area contributed by atoms with Crippen LogP contribution < -0.4 is 5.32 Å². The van der Waals surface area contributed by atoms with Crippen LogP contribution in [-0.2, 0) is 0 Å². The van der Waals surface area contributed by atoms with Gasteiger partial charge >= 0.3 is 0 Å². The van der Waals surface area contributed by atoms with E-state index in [1.165, 1.54) is 0 Å². The summed E-state index contributed by atoms with van der Waals surface area (Å²) in [4.78, 5) is 8.65. The molecule has 0 aromatic carbocycles. The summed E-state index contributed by atoms with van der Waals surface area (Å²) >= 11 is 1.62. The summed E-state index contributed by atoms with van der Waals surface area (Å²) in [6.07, 6.45) is 1.81. The van der Waals surface area contributed by atoms with Crippen molar-refractivity contribution in [3.8, 4) is 0 Å². The van der Waals surface area contributed by atoms with Gasteiger partial charge in [0.25, 0.3) is 0 Å². The fourth-order valence-electron chi connectivity index (χ4n) is 1.31. The largest absolute Gasteiger partial charge is 0.353 e. The molecule has 0 aliphatic carbocycles. The molecule has 0 radical (unpaired) electrons. The summed E-state index contributed by atoms with van der Waals surface area (Å²) in [5, 5.41) is 6.31. The third-order valence-corrected chi connectivity index (χ3v) is 2.98. The summed E-state index contributed by atoms with van der Waals surface area (Å²) in [7, 11) is 0. The van der Waals surface area contributed by atoms with Gasteiger partial charge in [-0.05, 0) is 26.0 Å². The van der Waals surface area contributed by atoms with E-state index in [1.54, 1.807) is 17.5 Å². The van der Waals surface area contributed by atoms with Gasteiger partial charge in [-0.25, -0.2) is 4.98 Å². The van der Waals surface area contributed by atoms with Gasteiger partial charge in [0.1, 0.15) is 0 Å². The van der Waals surface area contributed by atoms with Crippen molar-refractivity contribution in [2.45, 2.75) is 19.9 Å². The van der Waals surface area contributed by atoms with E-state index in [0.29, 0.717) is 0 Å². The topological polar surface area (TPSA) is 37.8 Å². The second-order valence-corrected chi connectivity index (χ2v) is 4.27. The van der Waals surface area contributed by atoms with Crippen molar-refractivity contribution in [1.82, 2.24) is 9.97 Å². The molecule has 0 aliphatic heterocycles. The molecule has 2 rings (SSSR count). The second kappa shape index (κ2) is 4.40. The maximum absolute atomic E-state index is 4.36. The molecule has 4 heteroatoms.